The lowest BCUT2D eigenvalue weighted by Crippen LogP contribution is -2.45. The third-order valence-corrected chi connectivity index (χ3v) is 3.89. The number of carbonyl (C=O) groups excluding carboxylic acids is 3. The highest BCUT2D eigenvalue weighted by Crippen LogP contribution is 2.26. The Kier molecular flexibility index (Phi) is 7.65. The number of nitrogens with zero attached hydrogens (tertiary/aromatic N) is 1. The number of imide groups is 1. The first-order valence-electron chi connectivity index (χ1n) is 8.63. The summed E-state index contributed by atoms with van der Waals surface area (Å²) in [7, 11) is 1.40. The third-order valence-electron chi connectivity index (χ3n) is 3.89. The largest absolute Gasteiger partial charge is 0.495 e. The molecule has 0 atom stereocenters. The van der Waals surface area contributed by atoms with Gasteiger partial charge in [0, 0.05) is 18.7 Å². The minimum absolute atomic E-state index is 0.213. The number of hydrogen-bond acceptors (Lipinski definition) is 6. The SMILES string of the molecule is COc1ccc(C(=O)N2CCOCC2)cc1NCC(=O)NC(=O)NCC(F)(F)F. The minimum Gasteiger partial charge on any atom is -0.495 e. The van der Waals surface area contributed by atoms with Crippen LogP contribution in [-0.4, -0.2) is 75.4 Å². The lowest BCUT2D eigenvalue weighted by molar-refractivity contribution is -0.124. The maximum Gasteiger partial charge on any atom is 0.405 e. The summed E-state index contributed by atoms with van der Waals surface area (Å²) in [4.78, 5) is 37.3. The number of amides is 4. The summed E-state index contributed by atoms with van der Waals surface area (Å²) >= 11 is 0. The molecule has 0 spiro atoms. The number of methoxy groups -OCH3 is 1. The summed E-state index contributed by atoms with van der Waals surface area (Å²) in [5.41, 5.74) is 0.677. The van der Waals surface area contributed by atoms with Crippen LogP contribution < -0.4 is 20.7 Å². The van der Waals surface area contributed by atoms with E-state index in [1.165, 1.54) is 18.5 Å². The van der Waals surface area contributed by atoms with E-state index in [1.54, 1.807) is 22.3 Å². The van der Waals surface area contributed by atoms with Gasteiger partial charge in [0.1, 0.15) is 12.3 Å². The van der Waals surface area contributed by atoms with Crippen molar-refractivity contribution in [3.8, 4) is 5.75 Å². The number of ether oxygens (including phenoxy) is 2. The fourth-order valence-electron chi connectivity index (χ4n) is 2.50. The number of benzene rings is 1. The highest BCUT2D eigenvalue weighted by atomic mass is 19.4. The average molecular weight is 418 g/mol. The Labute approximate surface area is 164 Å². The van der Waals surface area contributed by atoms with Crippen molar-refractivity contribution in [3.63, 3.8) is 0 Å². The molecule has 0 saturated carbocycles. The van der Waals surface area contributed by atoms with Crippen LogP contribution in [0.1, 0.15) is 10.4 Å². The Morgan fingerprint density at radius 3 is 2.52 bits per heavy atom. The quantitative estimate of drug-likeness (QED) is 0.635. The molecule has 1 aliphatic rings. The van der Waals surface area contributed by atoms with Gasteiger partial charge in [0.2, 0.25) is 5.91 Å². The molecule has 1 fully saturated rings. The molecule has 1 saturated heterocycles. The number of rotatable bonds is 6. The average Bonchev–Trinajstić information content (AvgIpc) is 2.70. The second-order valence-electron chi connectivity index (χ2n) is 6.02. The van der Waals surface area contributed by atoms with E-state index < -0.39 is 31.2 Å². The molecule has 1 aliphatic heterocycles. The van der Waals surface area contributed by atoms with Crippen LogP contribution in [0.3, 0.4) is 0 Å². The maximum absolute atomic E-state index is 12.6. The molecule has 0 aliphatic carbocycles. The molecule has 0 unspecified atom stereocenters. The van der Waals surface area contributed by atoms with Gasteiger partial charge in [-0.05, 0) is 18.2 Å². The molecule has 9 nitrogen and oxygen atoms in total. The van der Waals surface area contributed by atoms with E-state index in [2.05, 4.69) is 5.32 Å². The fourth-order valence-corrected chi connectivity index (χ4v) is 2.50. The van der Waals surface area contributed by atoms with Crippen LogP contribution >= 0.6 is 0 Å². The topological polar surface area (TPSA) is 109 Å². The van der Waals surface area contributed by atoms with Crippen LogP contribution in [0.5, 0.6) is 5.75 Å². The number of nitrogens with one attached hydrogen (secondary N) is 3. The van der Waals surface area contributed by atoms with E-state index in [4.69, 9.17) is 9.47 Å². The number of hydrogen-bond donors (Lipinski definition) is 3. The normalized spacial score (nSPS) is 14.1. The van der Waals surface area contributed by atoms with Gasteiger partial charge in [-0.15, -0.1) is 0 Å². The van der Waals surface area contributed by atoms with Gasteiger partial charge < -0.3 is 25.0 Å². The standard InChI is InChI=1S/C17H21F3N4O5/c1-28-13-3-2-11(15(26)24-4-6-29-7-5-24)8-12(13)21-9-14(25)23-16(27)22-10-17(18,19)20/h2-3,8,21H,4-7,9-10H2,1H3,(H2,22,23,25,27). The third kappa shape index (κ3) is 7.14. The maximum atomic E-state index is 12.6. The molecule has 0 aromatic heterocycles. The Balaban J connectivity index is 1.95. The van der Waals surface area contributed by atoms with Gasteiger partial charge >= 0.3 is 12.2 Å². The van der Waals surface area contributed by atoms with E-state index in [-0.39, 0.29) is 5.91 Å². The molecule has 29 heavy (non-hydrogen) atoms. The number of anilines is 1. The number of halogens is 3. The van der Waals surface area contributed by atoms with Gasteiger partial charge in [-0.2, -0.15) is 13.2 Å². The molecule has 3 N–H and O–H groups in total. The minimum atomic E-state index is -4.58. The zero-order valence-electron chi connectivity index (χ0n) is 15.6. The predicted octanol–water partition coefficient (Wildman–Crippen LogP) is 0.968. The second-order valence-corrected chi connectivity index (χ2v) is 6.02. The van der Waals surface area contributed by atoms with Crippen molar-refractivity contribution in [1.82, 2.24) is 15.5 Å². The van der Waals surface area contributed by atoms with Crippen molar-refractivity contribution in [2.24, 2.45) is 0 Å². The van der Waals surface area contributed by atoms with Crippen LogP contribution in [0.15, 0.2) is 18.2 Å². The number of alkyl halides is 3. The van der Waals surface area contributed by atoms with Gasteiger partial charge in [-0.25, -0.2) is 4.79 Å². The lowest BCUT2D eigenvalue weighted by atomic mass is 10.1. The molecular formula is C17H21F3N4O5. The van der Waals surface area contributed by atoms with Crippen molar-refractivity contribution in [3.05, 3.63) is 23.8 Å². The zero-order valence-corrected chi connectivity index (χ0v) is 15.6. The molecule has 1 heterocycles. The first kappa shape index (κ1) is 22.3. The Hall–Kier alpha value is -3.02. The molecule has 1 aromatic carbocycles. The number of morpholine rings is 1. The molecule has 160 valence electrons. The summed E-state index contributed by atoms with van der Waals surface area (Å²) in [6, 6.07) is 3.35. The van der Waals surface area contributed by atoms with Crippen molar-refractivity contribution < 1.29 is 37.0 Å². The molecule has 2 rings (SSSR count). The van der Waals surface area contributed by atoms with E-state index >= 15 is 0 Å². The van der Waals surface area contributed by atoms with Crippen molar-refractivity contribution in [1.29, 1.82) is 0 Å². The molecular weight excluding hydrogens is 397 g/mol. The van der Waals surface area contributed by atoms with Gasteiger partial charge in [-0.1, -0.05) is 0 Å². The summed E-state index contributed by atoms with van der Waals surface area (Å²) in [6.07, 6.45) is -4.58. The predicted molar refractivity (Wildman–Crippen MR) is 95.8 cm³/mol. The molecule has 0 radical (unpaired) electrons. The van der Waals surface area contributed by atoms with Crippen LogP contribution in [0.4, 0.5) is 23.7 Å². The van der Waals surface area contributed by atoms with Crippen molar-refractivity contribution in [2.75, 3.05) is 51.8 Å². The number of urea groups is 1. The molecule has 4 amide bonds. The highest BCUT2D eigenvalue weighted by molar-refractivity contribution is 5.97. The Morgan fingerprint density at radius 1 is 1.21 bits per heavy atom. The van der Waals surface area contributed by atoms with Gasteiger partial charge in [0.25, 0.3) is 5.91 Å². The van der Waals surface area contributed by atoms with Crippen molar-refractivity contribution >= 4 is 23.5 Å². The summed E-state index contributed by atoms with van der Waals surface area (Å²) in [5, 5.41) is 6.00. The second kappa shape index (κ2) is 9.96. The highest BCUT2D eigenvalue weighted by Gasteiger charge is 2.28. The first-order chi connectivity index (χ1) is 13.7. The summed E-state index contributed by atoms with van der Waals surface area (Å²) in [5.74, 6) is -0.732. The molecule has 0 bridgehead atoms. The van der Waals surface area contributed by atoms with Crippen LogP contribution in [0.25, 0.3) is 0 Å². The van der Waals surface area contributed by atoms with E-state index in [1.807, 2.05) is 0 Å². The van der Waals surface area contributed by atoms with E-state index in [0.717, 1.165) is 0 Å². The summed E-state index contributed by atoms with van der Waals surface area (Å²) < 4.78 is 46.5. The molecule has 1 aromatic rings. The van der Waals surface area contributed by atoms with Crippen molar-refractivity contribution in [2.45, 2.75) is 6.18 Å². The monoisotopic (exact) mass is 418 g/mol. The van der Waals surface area contributed by atoms with Crippen LogP contribution in [0.2, 0.25) is 0 Å². The zero-order chi connectivity index (χ0) is 21.4. The Bertz CT molecular complexity index is 751. The van der Waals surface area contributed by atoms with Gasteiger partial charge in [-0.3, -0.25) is 14.9 Å². The van der Waals surface area contributed by atoms with Crippen LogP contribution in [-0.2, 0) is 9.53 Å². The van der Waals surface area contributed by atoms with Gasteiger partial charge in [0.05, 0.1) is 32.6 Å². The van der Waals surface area contributed by atoms with Crippen LogP contribution in [0, 0.1) is 0 Å². The summed E-state index contributed by atoms with van der Waals surface area (Å²) in [6.45, 7) is -0.163. The van der Waals surface area contributed by atoms with E-state index in [9.17, 15) is 27.6 Å². The Morgan fingerprint density at radius 2 is 1.90 bits per heavy atom. The lowest BCUT2D eigenvalue weighted by Gasteiger charge is -2.27. The van der Waals surface area contributed by atoms with Gasteiger partial charge in [0.15, 0.2) is 0 Å². The molecule has 12 heteroatoms. The first-order valence-corrected chi connectivity index (χ1v) is 8.63. The van der Waals surface area contributed by atoms with E-state index in [0.29, 0.717) is 43.3 Å². The number of carbonyl (C=O) groups is 3. The fraction of sp³-hybridized carbons (Fsp3) is 0.471. The smallest absolute Gasteiger partial charge is 0.405 e.